The number of H-pyrrole nitrogens is 2. The molecule has 0 bridgehead atoms. The van der Waals surface area contributed by atoms with Crippen LogP contribution >= 0.6 is 0 Å². The van der Waals surface area contributed by atoms with Crippen molar-refractivity contribution in [3.63, 3.8) is 0 Å². The zero-order chi connectivity index (χ0) is 24.4. The first-order valence-corrected chi connectivity index (χ1v) is 11.1. The van der Waals surface area contributed by atoms with Gasteiger partial charge in [0.15, 0.2) is 17.3 Å². The van der Waals surface area contributed by atoms with Gasteiger partial charge in [0.25, 0.3) is 5.91 Å². The van der Waals surface area contributed by atoms with Gasteiger partial charge in [-0.05, 0) is 44.0 Å². The second-order valence-electron chi connectivity index (χ2n) is 8.32. The van der Waals surface area contributed by atoms with E-state index in [9.17, 15) is 9.59 Å². The number of carbonyl (C=O) groups is 2. The number of Topliss-reactive ketones (excluding diaryl/α,β-unsaturated/α-hetero) is 1. The molecule has 4 aromatic rings. The van der Waals surface area contributed by atoms with E-state index in [4.69, 9.17) is 9.47 Å². The molecule has 1 amide bonds. The number of aryl methyl sites for hydroxylation is 1. The predicted octanol–water partition coefficient (Wildman–Crippen LogP) is 4.89. The third-order valence-electron chi connectivity index (χ3n) is 6.29. The number of amides is 1. The van der Waals surface area contributed by atoms with Crippen molar-refractivity contribution in [1.29, 1.82) is 0 Å². The van der Waals surface area contributed by atoms with Gasteiger partial charge in [-0.2, -0.15) is 0 Å². The number of hydrogen-bond acceptors (Lipinski definition) is 4. The molecule has 7 heteroatoms. The zero-order valence-electron chi connectivity index (χ0n) is 20.0. The number of ether oxygens (including phenoxy) is 2. The van der Waals surface area contributed by atoms with Crippen LogP contribution in [0.3, 0.4) is 0 Å². The van der Waals surface area contributed by atoms with Crippen LogP contribution in [0.4, 0.5) is 0 Å². The zero-order valence-corrected chi connectivity index (χ0v) is 20.0. The Labute approximate surface area is 198 Å². The van der Waals surface area contributed by atoms with Gasteiger partial charge in [0.1, 0.15) is 5.69 Å². The Bertz CT molecular complexity index is 1370. The van der Waals surface area contributed by atoms with Gasteiger partial charge in [-0.25, -0.2) is 0 Å². The Balaban J connectivity index is 1.74. The molecule has 34 heavy (non-hydrogen) atoms. The predicted molar refractivity (Wildman–Crippen MR) is 132 cm³/mol. The quantitative estimate of drug-likeness (QED) is 0.327. The largest absolute Gasteiger partial charge is 0.493 e. The van der Waals surface area contributed by atoms with Crippen LogP contribution in [-0.4, -0.2) is 42.4 Å². The van der Waals surface area contributed by atoms with Crippen LogP contribution in [0.2, 0.25) is 0 Å². The first-order valence-electron chi connectivity index (χ1n) is 11.1. The molecule has 7 nitrogen and oxygen atoms in total. The van der Waals surface area contributed by atoms with Gasteiger partial charge in [-0.15, -0.1) is 0 Å². The number of ketones is 1. The van der Waals surface area contributed by atoms with Crippen molar-refractivity contribution in [1.82, 2.24) is 15.3 Å². The monoisotopic (exact) mass is 459 g/mol. The topological polar surface area (TPSA) is 96.2 Å². The lowest BCUT2D eigenvalue weighted by molar-refractivity contribution is 0.0947. The summed E-state index contributed by atoms with van der Waals surface area (Å²) in [7, 11) is 3.22. The lowest BCUT2D eigenvalue weighted by atomic mass is 9.89. The Hall–Kier alpha value is -4.00. The molecule has 2 heterocycles. The van der Waals surface area contributed by atoms with Crippen molar-refractivity contribution >= 4 is 22.6 Å². The molecule has 0 aliphatic carbocycles. The molecular weight excluding hydrogens is 430 g/mol. The highest BCUT2D eigenvalue weighted by atomic mass is 16.5. The molecular formula is C27H29N3O4. The second kappa shape index (κ2) is 9.47. The highest BCUT2D eigenvalue weighted by Gasteiger charge is 2.26. The van der Waals surface area contributed by atoms with Crippen molar-refractivity contribution < 1.29 is 19.1 Å². The van der Waals surface area contributed by atoms with E-state index >= 15 is 0 Å². The van der Waals surface area contributed by atoms with E-state index < -0.39 is 0 Å². The van der Waals surface area contributed by atoms with Gasteiger partial charge in [0.2, 0.25) is 0 Å². The summed E-state index contributed by atoms with van der Waals surface area (Å²) in [6, 6.07) is 13.8. The Morgan fingerprint density at radius 1 is 1.00 bits per heavy atom. The van der Waals surface area contributed by atoms with E-state index in [1.165, 1.54) is 6.92 Å². The number of para-hydroxylation sites is 2. The second-order valence-corrected chi connectivity index (χ2v) is 8.32. The number of nitrogens with one attached hydrogen (secondary N) is 3. The maximum atomic E-state index is 13.2. The Morgan fingerprint density at radius 3 is 2.44 bits per heavy atom. The van der Waals surface area contributed by atoms with Gasteiger partial charge in [-0.3, -0.25) is 9.59 Å². The molecule has 0 saturated heterocycles. The number of aromatic amines is 2. The van der Waals surface area contributed by atoms with Crippen molar-refractivity contribution in [3.05, 3.63) is 82.3 Å². The molecule has 0 aliphatic heterocycles. The van der Waals surface area contributed by atoms with Gasteiger partial charge in [-0.1, -0.05) is 30.3 Å². The van der Waals surface area contributed by atoms with E-state index in [-0.39, 0.29) is 17.6 Å². The summed E-state index contributed by atoms with van der Waals surface area (Å²) in [5.74, 6) is 0.704. The molecule has 2 aromatic carbocycles. The van der Waals surface area contributed by atoms with E-state index in [1.807, 2.05) is 42.6 Å². The molecule has 0 aliphatic rings. The molecule has 0 saturated carbocycles. The van der Waals surface area contributed by atoms with Crippen LogP contribution in [0.5, 0.6) is 11.5 Å². The molecule has 0 radical (unpaired) electrons. The molecule has 0 fully saturated rings. The van der Waals surface area contributed by atoms with Gasteiger partial charge >= 0.3 is 0 Å². The van der Waals surface area contributed by atoms with Crippen LogP contribution in [-0.2, 0) is 0 Å². The molecule has 0 unspecified atom stereocenters. The third kappa shape index (κ3) is 4.05. The van der Waals surface area contributed by atoms with Crippen LogP contribution in [0.25, 0.3) is 10.9 Å². The van der Waals surface area contributed by atoms with Crippen molar-refractivity contribution in [3.8, 4) is 11.5 Å². The van der Waals surface area contributed by atoms with Crippen LogP contribution in [0, 0.1) is 13.8 Å². The lowest BCUT2D eigenvalue weighted by Crippen LogP contribution is -2.30. The molecule has 3 N–H and O–H groups in total. The van der Waals surface area contributed by atoms with E-state index in [0.717, 1.165) is 22.0 Å². The van der Waals surface area contributed by atoms with E-state index in [0.29, 0.717) is 40.6 Å². The van der Waals surface area contributed by atoms with Crippen molar-refractivity contribution in [2.45, 2.75) is 26.7 Å². The van der Waals surface area contributed by atoms with Gasteiger partial charge in [0, 0.05) is 46.4 Å². The first-order chi connectivity index (χ1) is 16.4. The number of aromatic nitrogens is 2. The van der Waals surface area contributed by atoms with Crippen molar-refractivity contribution in [2.24, 2.45) is 0 Å². The maximum absolute atomic E-state index is 13.2. The fourth-order valence-corrected chi connectivity index (χ4v) is 4.74. The van der Waals surface area contributed by atoms with Crippen LogP contribution < -0.4 is 14.8 Å². The number of benzene rings is 2. The fourth-order valence-electron chi connectivity index (χ4n) is 4.74. The highest BCUT2D eigenvalue weighted by molar-refractivity contribution is 6.02. The van der Waals surface area contributed by atoms with Crippen LogP contribution in [0.15, 0.2) is 48.7 Å². The van der Waals surface area contributed by atoms with Crippen LogP contribution in [0.1, 0.15) is 56.1 Å². The average Bonchev–Trinajstić information content (AvgIpc) is 3.39. The maximum Gasteiger partial charge on any atom is 0.268 e. The van der Waals surface area contributed by atoms with E-state index in [1.54, 1.807) is 28.1 Å². The van der Waals surface area contributed by atoms with Crippen molar-refractivity contribution in [2.75, 3.05) is 20.8 Å². The Morgan fingerprint density at radius 2 is 1.76 bits per heavy atom. The third-order valence-corrected chi connectivity index (χ3v) is 6.29. The minimum absolute atomic E-state index is 0.0666. The van der Waals surface area contributed by atoms with E-state index in [2.05, 4.69) is 21.4 Å². The summed E-state index contributed by atoms with van der Waals surface area (Å²) in [4.78, 5) is 31.6. The van der Waals surface area contributed by atoms with Gasteiger partial charge in [0.05, 0.1) is 14.2 Å². The minimum Gasteiger partial charge on any atom is -0.493 e. The standard InChI is InChI=1S/C27H29N3O4/c1-15-24(17(3)31)16(2)30-25(15)27(32)29-14-21(19-10-8-12-23(33-4)26(19)34-5)20-13-28-22-11-7-6-9-18(20)22/h6-13,21,28,30H,14H2,1-5H3,(H,29,32)/t21-/m0/s1. The highest BCUT2D eigenvalue weighted by Crippen LogP contribution is 2.40. The number of hydrogen-bond donors (Lipinski definition) is 3. The number of fused-ring (bicyclic) bond motifs is 1. The Kier molecular flexibility index (Phi) is 6.45. The molecule has 2 aromatic heterocycles. The average molecular weight is 460 g/mol. The number of rotatable bonds is 8. The summed E-state index contributed by atoms with van der Waals surface area (Å²) in [5, 5.41) is 4.13. The summed E-state index contributed by atoms with van der Waals surface area (Å²) in [6.07, 6.45) is 1.97. The molecule has 0 spiro atoms. The molecule has 1 atom stereocenters. The molecule has 4 rings (SSSR count). The summed E-state index contributed by atoms with van der Waals surface area (Å²) in [6.45, 7) is 5.41. The summed E-state index contributed by atoms with van der Waals surface area (Å²) < 4.78 is 11.2. The lowest BCUT2D eigenvalue weighted by Gasteiger charge is -2.22. The smallest absolute Gasteiger partial charge is 0.268 e. The SMILES string of the molecule is COc1cccc([C@H](CNC(=O)c2[nH]c(C)c(C(C)=O)c2C)c2c[nH]c3ccccc23)c1OC. The first kappa shape index (κ1) is 23.2. The summed E-state index contributed by atoms with van der Waals surface area (Å²) >= 11 is 0. The van der Waals surface area contributed by atoms with Gasteiger partial charge < -0.3 is 24.8 Å². The number of methoxy groups -OCH3 is 2. The fraction of sp³-hybridized carbons (Fsp3) is 0.259. The molecule has 176 valence electrons. The minimum atomic E-state index is -0.264. The normalized spacial score (nSPS) is 11.9. The number of carbonyl (C=O) groups excluding carboxylic acids is 2. The summed E-state index contributed by atoms with van der Waals surface area (Å²) in [5.41, 5.74) is 5.26.